The lowest BCUT2D eigenvalue weighted by Crippen LogP contribution is -2.22. The van der Waals surface area contributed by atoms with Crippen LogP contribution in [0.1, 0.15) is 5.69 Å². The number of hydrogen-bond acceptors (Lipinski definition) is 3. The molecule has 0 spiro atoms. The quantitative estimate of drug-likeness (QED) is 0.605. The second-order valence-corrected chi connectivity index (χ2v) is 2.57. The second kappa shape index (κ2) is 3.50. The van der Waals surface area contributed by atoms with Crippen LogP contribution >= 0.6 is 0 Å². The summed E-state index contributed by atoms with van der Waals surface area (Å²) in [6.45, 7) is 0.288. The van der Waals surface area contributed by atoms with E-state index >= 15 is 0 Å². The average Bonchev–Trinajstić information content (AvgIpc) is 2.35. The van der Waals surface area contributed by atoms with Crippen molar-refractivity contribution in [2.45, 2.75) is 12.5 Å². The molecule has 0 saturated carbocycles. The van der Waals surface area contributed by atoms with Gasteiger partial charge in [0, 0.05) is 26.2 Å². The van der Waals surface area contributed by atoms with Crippen LogP contribution in [0, 0.1) is 0 Å². The molecule has 11 heavy (non-hydrogen) atoms. The fourth-order valence-electron chi connectivity index (χ4n) is 0.897. The molecule has 1 aromatic rings. The number of nitrogens with two attached hydrogens (primary N) is 1. The van der Waals surface area contributed by atoms with Crippen LogP contribution < -0.4 is 5.73 Å². The maximum Gasteiger partial charge on any atom is 0.0718 e. The molecular formula is C7H13N3O. The van der Waals surface area contributed by atoms with Crippen molar-refractivity contribution < 1.29 is 5.11 Å². The summed E-state index contributed by atoms with van der Waals surface area (Å²) < 4.78 is 1.71. The van der Waals surface area contributed by atoms with Crippen LogP contribution in [0.25, 0.3) is 0 Å². The van der Waals surface area contributed by atoms with Crippen LogP contribution in [0.4, 0.5) is 0 Å². The summed E-state index contributed by atoms with van der Waals surface area (Å²) in [4.78, 5) is 0. The Morgan fingerprint density at radius 3 is 3.00 bits per heavy atom. The van der Waals surface area contributed by atoms with E-state index < -0.39 is 6.10 Å². The number of aliphatic hydroxyl groups excluding tert-OH is 1. The van der Waals surface area contributed by atoms with Gasteiger partial charge in [0.15, 0.2) is 0 Å². The van der Waals surface area contributed by atoms with Crippen LogP contribution in [-0.2, 0) is 13.5 Å². The zero-order valence-corrected chi connectivity index (χ0v) is 6.57. The largest absolute Gasteiger partial charge is 0.391 e. The highest BCUT2D eigenvalue weighted by atomic mass is 16.3. The first-order valence-electron chi connectivity index (χ1n) is 3.59. The molecule has 62 valence electrons. The lowest BCUT2D eigenvalue weighted by atomic mass is 10.2. The first-order valence-corrected chi connectivity index (χ1v) is 3.59. The van der Waals surface area contributed by atoms with Crippen molar-refractivity contribution in [3.63, 3.8) is 0 Å². The summed E-state index contributed by atoms with van der Waals surface area (Å²) in [5.41, 5.74) is 6.12. The second-order valence-electron chi connectivity index (χ2n) is 2.57. The van der Waals surface area contributed by atoms with Crippen molar-refractivity contribution >= 4 is 0 Å². The molecule has 0 radical (unpaired) electrons. The lowest BCUT2D eigenvalue weighted by Gasteiger charge is -2.03. The highest BCUT2D eigenvalue weighted by Gasteiger charge is 2.04. The SMILES string of the molecule is Cn1ccc(CC(O)CN)n1. The fraction of sp³-hybridized carbons (Fsp3) is 0.571. The summed E-state index contributed by atoms with van der Waals surface area (Å²) in [7, 11) is 1.85. The van der Waals surface area contributed by atoms with Crippen LogP contribution in [0.5, 0.6) is 0 Å². The zero-order valence-electron chi connectivity index (χ0n) is 6.57. The molecule has 1 unspecified atom stereocenters. The molecule has 1 aromatic heterocycles. The van der Waals surface area contributed by atoms with E-state index in [2.05, 4.69) is 5.10 Å². The molecule has 0 amide bonds. The van der Waals surface area contributed by atoms with E-state index in [1.807, 2.05) is 19.3 Å². The van der Waals surface area contributed by atoms with Crippen LogP contribution in [-0.4, -0.2) is 27.5 Å². The van der Waals surface area contributed by atoms with Crippen molar-refractivity contribution in [3.8, 4) is 0 Å². The Labute approximate surface area is 65.6 Å². The molecule has 0 fully saturated rings. The van der Waals surface area contributed by atoms with Crippen molar-refractivity contribution in [2.24, 2.45) is 12.8 Å². The Kier molecular flexibility index (Phi) is 2.62. The summed E-state index contributed by atoms with van der Waals surface area (Å²) in [6, 6.07) is 1.87. The number of aryl methyl sites for hydroxylation is 1. The molecule has 4 nitrogen and oxygen atoms in total. The zero-order chi connectivity index (χ0) is 8.27. The minimum Gasteiger partial charge on any atom is -0.391 e. The van der Waals surface area contributed by atoms with Gasteiger partial charge in [0.25, 0.3) is 0 Å². The predicted molar refractivity (Wildman–Crippen MR) is 42.0 cm³/mol. The van der Waals surface area contributed by atoms with Crippen LogP contribution in [0.3, 0.4) is 0 Å². The number of nitrogens with zero attached hydrogens (tertiary/aromatic N) is 2. The Bertz CT molecular complexity index is 221. The molecule has 4 heteroatoms. The van der Waals surface area contributed by atoms with Gasteiger partial charge in [-0.1, -0.05) is 0 Å². The minimum absolute atomic E-state index is 0.288. The summed E-state index contributed by atoms with van der Waals surface area (Å²) in [6.07, 6.45) is 1.92. The van der Waals surface area contributed by atoms with Crippen LogP contribution in [0.2, 0.25) is 0 Å². The predicted octanol–water partition coefficient (Wildman–Crippen LogP) is -0.718. The number of aliphatic hydroxyl groups is 1. The first kappa shape index (κ1) is 8.23. The summed E-state index contributed by atoms with van der Waals surface area (Å²) in [5.74, 6) is 0. The third-order valence-electron chi connectivity index (χ3n) is 1.49. The number of hydrogen-bond donors (Lipinski definition) is 2. The van der Waals surface area contributed by atoms with Crippen molar-refractivity contribution in [1.82, 2.24) is 9.78 Å². The molecule has 0 aliphatic heterocycles. The van der Waals surface area contributed by atoms with Gasteiger partial charge in [-0.2, -0.15) is 5.10 Å². The van der Waals surface area contributed by atoms with Gasteiger partial charge in [0.2, 0.25) is 0 Å². The van der Waals surface area contributed by atoms with E-state index in [-0.39, 0.29) is 6.54 Å². The maximum absolute atomic E-state index is 9.15. The fourth-order valence-corrected chi connectivity index (χ4v) is 0.897. The third-order valence-corrected chi connectivity index (χ3v) is 1.49. The summed E-state index contributed by atoms with van der Waals surface area (Å²) in [5, 5.41) is 13.2. The first-order chi connectivity index (χ1) is 5.22. The standard InChI is InChI=1S/C7H13N3O/c1-10-3-2-6(9-10)4-7(11)5-8/h2-3,7,11H,4-5,8H2,1H3. The van der Waals surface area contributed by atoms with Crippen molar-refractivity contribution in [3.05, 3.63) is 18.0 Å². The van der Waals surface area contributed by atoms with E-state index in [4.69, 9.17) is 10.8 Å². The maximum atomic E-state index is 9.15. The monoisotopic (exact) mass is 155 g/mol. The molecule has 0 aromatic carbocycles. The van der Waals surface area contributed by atoms with Gasteiger partial charge >= 0.3 is 0 Å². The average molecular weight is 155 g/mol. The van der Waals surface area contributed by atoms with Crippen molar-refractivity contribution in [2.75, 3.05) is 6.54 Å². The van der Waals surface area contributed by atoms with Gasteiger partial charge in [-0.3, -0.25) is 4.68 Å². The lowest BCUT2D eigenvalue weighted by molar-refractivity contribution is 0.182. The molecular weight excluding hydrogens is 142 g/mol. The Hall–Kier alpha value is -0.870. The van der Waals surface area contributed by atoms with Gasteiger partial charge in [-0.25, -0.2) is 0 Å². The van der Waals surface area contributed by atoms with E-state index in [1.165, 1.54) is 0 Å². The Balaban J connectivity index is 2.50. The normalized spacial score (nSPS) is 13.4. The molecule has 1 heterocycles. The van der Waals surface area contributed by atoms with Gasteiger partial charge in [0.05, 0.1) is 11.8 Å². The summed E-state index contributed by atoms with van der Waals surface area (Å²) >= 11 is 0. The van der Waals surface area contributed by atoms with Gasteiger partial charge in [-0.05, 0) is 6.07 Å². The van der Waals surface area contributed by atoms with E-state index in [9.17, 15) is 0 Å². The van der Waals surface area contributed by atoms with E-state index in [0.717, 1.165) is 5.69 Å². The number of aromatic nitrogens is 2. The molecule has 1 atom stereocenters. The molecule has 0 aliphatic carbocycles. The molecule has 0 aliphatic rings. The third kappa shape index (κ3) is 2.32. The van der Waals surface area contributed by atoms with Crippen molar-refractivity contribution in [1.29, 1.82) is 0 Å². The number of rotatable bonds is 3. The minimum atomic E-state index is -0.468. The topological polar surface area (TPSA) is 64.1 Å². The molecule has 3 N–H and O–H groups in total. The Morgan fingerprint density at radius 1 is 1.82 bits per heavy atom. The highest BCUT2D eigenvalue weighted by Crippen LogP contribution is 1.98. The van der Waals surface area contributed by atoms with Crippen LogP contribution in [0.15, 0.2) is 12.3 Å². The molecule has 0 bridgehead atoms. The highest BCUT2D eigenvalue weighted by molar-refractivity contribution is 5.00. The van der Waals surface area contributed by atoms with E-state index in [1.54, 1.807) is 4.68 Å². The van der Waals surface area contributed by atoms with Gasteiger partial charge in [-0.15, -0.1) is 0 Å². The Morgan fingerprint density at radius 2 is 2.55 bits per heavy atom. The van der Waals surface area contributed by atoms with Gasteiger partial charge < -0.3 is 10.8 Å². The van der Waals surface area contributed by atoms with Gasteiger partial charge in [0.1, 0.15) is 0 Å². The molecule has 1 rings (SSSR count). The van der Waals surface area contributed by atoms with E-state index in [0.29, 0.717) is 6.42 Å². The smallest absolute Gasteiger partial charge is 0.0718 e. The molecule has 0 saturated heterocycles.